The minimum absolute atomic E-state index is 0.0384. The Kier molecular flexibility index (Phi) is 14.6. The smallest absolute Gasteiger partial charge is 0.217 e. The lowest BCUT2D eigenvalue weighted by Crippen LogP contribution is -2.42. The molecule has 5 heteroatoms. The molecule has 0 aromatic rings. The van der Waals surface area contributed by atoms with Crippen molar-refractivity contribution in [3.05, 3.63) is 0 Å². The summed E-state index contributed by atoms with van der Waals surface area (Å²) in [7, 11) is 0. The number of hydrogen-bond donors (Lipinski definition) is 1. The fourth-order valence-corrected chi connectivity index (χ4v) is 3.36. The second-order valence-corrected chi connectivity index (χ2v) is 6.82. The topological polar surface area (TPSA) is 46.2 Å². The first-order chi connectivity index (χ1) is 10.1. The fourth-order valence-electron chi connectivity index (χ4n) is 2.09. The fraction of sp³-hybridized carbons (Fsp3) is 0.875. The quantitative estimate of drug-likeness (QED) is 0.383. The van der Waals surface area contributed by atoms with Gasteiger partial charge in [-0.05, 0) is 12.2 Å². The molecule has 1 N–H and O–H groups in total. The van der Waals surface area contributed by atoms with E-state index in [2.05, 4.69) is 12.2 Å². The number of halogens is 1. The Labute approximate surface area is 139 Å². The summed E-state index contributed by atoms with van der Waals surface area (Å²) in [6.45, 7) is 3.66. The molecule has 0 aliphatic heterocycles. The average Bonchev–Trinajstić information content (AvgIpc) is 2.46. The Hall–Kier alpha value is -0.220. The zero-order valence-corrected chi connectivity index (χ0v) is 15.0. The maximum atomic E-state index is 11.6. The molecule has 0 unspecified atom stereocenters. The number of thioether (sulfide) groups is 1. The van der Waals surface area contributed by atoms with Crippen molar-refractivity contribution in [2.75, 3.05) is 17.4 Å². The third-order valence-corrected chi connectivity index (χ3v) is 4.73. The van der Waals surface area contributed by atoms with Gasteiger partial charge >= 0.3 is 0 Å². The van der Waals surface area contributed by atoms with E-state index in [0.717, 1.165) is 5.75 Å². The lowest BCUT2D eigenvalue weighted by molar-refractivity contribution is -0.124. The molecule has 0 heterocycles. The number of Topliss-reactive ketones (excluding diaryl/α,β-unsaturated/α-hetero) is 1. The molecule has 0 aliphatic rings. The molecule has 3 nitrogen and oxygen atoms in total. The molecule has 1 atom stereocenters. The molecule has 0 radical (unpaired) electrons. The highest BCUT2D eigenvalue weighted by Crippen LogP contribution is 2.12. The first-order valence-corrected chi connectivity index (χ1v) is 9.74. The summed E-state index contributed by atoms with van der Waals surface area (Å²) in [5.74, 6) is 1.35. The largest absolute Gasteiger partial charge is 0.346 e. The Bertz CT molecular complexity index is 287. The van der Waals surface area contributed by atoms with E-state index in [4.69, 9.17) is 11.6 Å². The van der Waals surface area contributed by atoms with Crippen LogP contribution < -0.4 is 5.32 Å². The second kappa shape index (κ2) is 14.7. The van der Waals surface area contributed by atoms with Crippen LogP contribution in [-0.2, 0) is 9.59 Å². The van der Waals surface area contributed by atoms with Crippen molar-refractivity contribution < 1.29 is 9.59 Å². The minimum Gasteiger partial charge on any atom is -0.346 e. The number of carbonyl (C=O) groups excluding carboxylic acids is 2. The van der Waals surface area contributed by atoms with E-state index in [9.17, 15) is 9.59 Å². The third kappa shape index (κ3) is 13.2. The van der Waals surface area contributed by atoms with Gasteiger partial charge in [-0.15, -0.1) is 11.6 Å². The van der Waals surface area contributed by atoms with Gasteiger partial charge in [-0.3, -0.25) is 9.59 Å². The van der Waals surface area contributed by atoms with Gasteiger partial charge in [0, 0.05) is 12.7 Å². The molecule has 21 heavy (non-hydrogen) atoms. The van der Waals surface area contributed by atoms with E-state index in [-0.39, 0.29) is 17.6 Å². The van der Waals surface area contributed by atoms with Crippen LogP contribution in [0.1, 0.15) is 65.2 Å². The van der Waals surface area contributed by atoms with Gasteiger partial charge in [-0.25, -0.2) is 0 Å². The second-order valence-electron chi connectivity index (χ2n) is 5.40. The van der Waals surface area contributed by atoms with Crippen LogP contribution in [0.25, 0.3) is 0 Å². The molecule has 124 valence electrons. The number of ketones is 1. The molecule has 0 spiro atoms. The zero-order chi connectivity index (χ0) is 15.9. The van der Waals surface area contributed by atoms with Gasteiger partial charge in [0.1, 0.15) is 0 Å². The van der Waals surface area contributed by atoms with Gasteiger partial charge < -0.3 is 5.32 Å². The molecule has 0 saturated heterocycles. The summed E-state index contributed by atoms with van der Waals surface area (Å²) >= 11 is 7.28. The van der Waals surface area contributed by atoms with Crippen LogP contribution >= 0.6 is 23.4 Å². The monoisotopic (exact) mass is 335 g/mol. The molecular weight excluding hydrogens is 306 g/mol. The molecule has 1 amide bonds. The van der Waals surface area contributed by atoms with Gasteiger partial charge in [0.25, 0.3) is 0 Å². The van der Waals surface area contributed by atoms with E-state index in [1.807, 2.05) is 0 Å². The maximum absolute atomic E-state index is 11.6. The predicted molar refractivity (Wildman–Crippen MR) is 93.3 cm³/mol. The van der Waals surface area contributed by atoms with Crippen molar-refractivity contribution in [3.8, 4) is 0 Å². The van der Waals surface area contributed by atoms with Crippen LogP contribution in [0, 0.1) is 0 Å². The number of nitrogens with one attached hydrogen (secondary N) is 1. The van der Waals surface area contributed by atoms with E-state index < -0.39 is 6.04 Å². The van der Waals surface area contributed by atoms with E-state index in [1.165, 1.54) is 58.3 Å². The predicted octanol–water partition coefficient (Wildman–Crippen LogP) is 4.17. The summed E-state index contributed by atoms with van der Waals surface area (Å²) < 4.78 is 0. The number of amides is 1. The Morgan fingerprint density at radius 1 is 1.05 bits per heavy atom. The third-order valence-electron chi connectivity index (χ3n) is 3.32. The first kappa shape index (κ1) is 20.8. The van der Waals surface area contributed by atoms with Crippen LogP contribution in [0.15, 0.2) is 0 Å². The summed E-state index contributed by atoms with van der Waals surface area (Å²) in [6, 6.07) is -0.431. The molecule has 0 rings (SSSR count). The normalized spacial score (nSPS) is 12.1. The van der Waals surface area contributed by atoms with E-state index in [1.54, 1.807) is 11.8 Å². The van der Waals surface area contributed by atoms with Crippen LogP contribution in [0.3, 0.4) is 0 Å². The summed E-state index contributed by atoms with van der Waals surface area (Å²) in [6.07, 6.45) is 10.5. The molecule has 0 bridgehead atoms. The molecule has 0 aliphatic carbocycles. The Balaban J connectivity index is 3.53. The Morgan fingerprint density at radius 2 is 1.62 bits per heavy atom. The van der Waals surface area contributed by atoms with E-state index >= 15 is 0 Å². The van der Waals surface area contributed by atoms with Gasteiger partial charge in [0.15, 0.2) is 5.78 Å². The lowest BCUT2D eigenvalue weighted by atomic mass is 10.1. The number of carbonyl (C=O) groups is 2. The average molecular weight is 336 g/mol. The van der Waals surface area contributed by atoms with Gasteiger partial charge in [0.2, 0.25) is 5.91 Å². The van der Waals surface area contributed by atoms with Crippen molar-refractivity contribution in [2.24, 2.45) is 0 Å². The molecule has 0 fully saturated rings. The number of unbranched alkanes of at least 4 members (excludes halogenated alkanes) is 7. The molecule has 0 aromatic carbocycles. The van der Waals surface area contributed by atoms with Crippen molar-refractivity contribution in [1.29, 1.82) is 0 Å². The van der Waals surface area contributed by atoms with Gasteiger partial charge in [0.05, 0.1) is 11.9 Å². The van der Waals surface area contributed by atoms with Gasteiger partial charge in [-0.1, -0.05) is 51.9 Å². The summed E-state index contributed by atoms with van der Waals surface area (Å²) in [5.41, 5.74) is 0. The van der Waals surface area contributed by atoms with Crippen molar-refractivity contribution in [1.82, 2.24) is 5.32 Å². The first-order valence-electron chi connectivity index (χ1n) is 8.05. The van der Waals surface area contributed by atoms with Crippen LogP contribution in [0.4, 0.5) is 0 Å². The summed E-state index contributed by atoms with van der Waals surface area (Å²) in [5, 5.41) is 2.67. The van der Waals surface area contributed by atoms with Crippen LogP contribution in [-0.4, -0.2) is 35.1 Å². The molecule has 0 saturated carbocycles. The summed E-state index contributed by atoms with van der Waals surface area (Å²) in [4.78, 5) is 22.6. The van der Waals surface area contributed by atoms with Crippen LogP contribution in [0.2, 0.25) is 0 Å². The van der Waals surface area contributed by atoms with Crippen LogP contribution in [0.5, 0.6) is 0 Å². The SMILES string of the molecule is CCCCCCCCCCSC[C@H](NC(C)=O)C(=O)CCl. The van der Waals surface area contributed by atoms with Crippen molar-refractivity contribution >= 4 is 35.1 Å². The Morgan fingerprint density at radius 3 is 2.14 bits per heavy atom. The standard InChI is InChI=1S/C16H30ClNO2S/c1-3-4-5-6-7-8-9-10-11-21-13-15(16(20)12-17)18-14(2)19/h15H,3-13H2,1-2H3,(H,18,19)/t15-/m0/s1. The van der Waals surface area contributed by atoms with Gasteiger partial charge in [-0.2, -0.15) is 11.8 Å². The minimum atomic E-state index is -0.431. The highest BCUT2D eigenvalue weighted by molar-refractivity contribution is 7.99. The zero-order valence-electron chi connectivity index (χ0n) is 13.5. The maximum Gasteiger partial charge on any atom is 0.217 e. The molecule has 0 aromatic heterocycles. The molecular formula is C16H30ClNO2S. The number of hydrogen-bond acceptors (Lipinski definition) is 3. The lowest BCUT2D eigenvalue weighted by Gasteiger charge is -2.15. The van der Waals surface area contributed by atoms with Crippen molar-refractivity contribution in [2.45, 2.75) is 71.3 Å². The van der Waals surface area contributed by atoms with E-state index in [0.29, 0.717) is 5.75 Å². The highest BCUT2D eigenvalue weighted by Gasteiger charge is 2.17. The van der Waals surface area contributed by atoms with Crippen molar-refractivity contribution in [3.63, 3.8) is 0 Å². The highest BCUT2D eigenvalue weighted by atomic mass is 35.5. The number of rotatable bonds is 14. The number of alkyl halides is 1.